The van der Waals surface area contributed by atoms with Gasteiger partial charge >= 0.3 is 5.97 Å². The summed E-state index contributed by atoms with van der Waals surface area (Å²) in [4.78, 5) is 25.4. The van der Waals surface area contributed by atoms with Crippen LogP contribution in [0, 0.1) is 23.7 Å². The first-order chi connectivity index (χ1) is 15.4. The molecule has 172 valence electrons. The van der Waals surface area contributed by atoms with Crippen molar-refractivity contribution in [1.82, 2.24) is 5.32 Å². The quantitative estimate of drug-likeness (QED) is 0.525. The minimum absolute atomic E-state index is 0.0306. The van der Waals surface area contributed by atoms with Crippen LogP contribution in [0.1, 0.15) is 64.9 Å². The van der Waals surface area contributed by atoms with E-state index in [0.717, 1.165) is 37.7 Å². The van der Waals surface area contributed by atoms with Gasteiger partial charge in [-0.1, -0.05) is 44.2 Å². The van der Waals surface area contributed by atoms with E-state index >= 15 is 0 Å². The Morgan fingerprint density at radius 3 is 2.62 bits per heavy atom. The van der Waals surface area contributed by atoms with Gasteiger partial charge in [-0.2, -0.15) is 0 Å². The van der Waals surface area contributed by atoms with Crippen LogP contribution < -0.4 is 5.32 Å². The number of esters is 1. The fourth-order valence-corrected chi connectivity index (χ4v) is 6.90. The number of ether oxygens (including phenoxy) is 2. The minimum atomic E-state index is -0.490. The zero-order valence-electron chi connectivity index (χ0n) is 19.4. The van der Waals surface area contributed by atoms with Crippen LogP contribution in [0.5, 0.6) is 0 Å². The van der Waals surface area contributed by atoms with E-state index in [0.29, 0.717) is 18.3 Å². The summed E-state index contributed by atoms with van der Waals surface area (Å²) in [6.45, 7) is 6.38. The van der Waals surface area contributed by atoms with E-state index in [9.17, 15) is 9.59 Å². The molecule has 1 aromatic rings. The van der Waals surface area contributed by atoms with Gasteiger partial charge in [0.05, 0.1) is 11.6 Å². The molecule has 1 amide bonds. The molecule has 1 N–H and O–H groups in total. The molecule has 0 radical (unpaired) electrons. The number of carbonyl (C=O) groups excluding carboxylic acids is 2. The molecular formula is C27H35NO4. The Labute approximate surface area is 190 Å². The van der Waals surface area contributed by atoms with Crippen molar-refractivity contribution in [2.75, 3.05) is 0 Å². The second-order valence-corrected chi connectivity index (χ2v) is 10.5. The number of amides is 1. The molecule has 6 unspecified atom stereocenters. The highest BCUT2D eigenvalue weighted by molar-refractivity contribution is 5.87. The molecule has 1 aromatic carbocycles. The van der Waals surface area contributed by atoms with Crippen LogP contribution in [0.15, 0.2) is 36.4 Å². The Morgan fingerprint density at radius 2 is 1.94 bits per heavy atom. The maximum atomic E-state index is 13.0. The van der Waals surface area contributed by atoms with E-state index in [1.807, 2.05) is 43.3 Å². The Balaban J connectivity index is 1.45. The lowest BCUT2D eigenvalue weighted by Gasteiger charge is -2.52. The van der Waals surface area contributed by atoms with E-state index in [1.165, 1.54) is 0 Å². The average molecular weight is 438 g/mol. The fourth-order valence-electron chi connectivity index (χ4n) is 6.90. The van der Waals surface area contributed by atoms with E-state index in [1.54, 1.807) is 6.08 Å². The smallest absolute Gasteiger partial charge is 0.331 e. The number of hydrogen-bond donors (Lipinski definition) is 1. The van der Waals surface area contributed by atoms with Crippen LogP contribution in [-0.2, 0) is 19.1 Å². The molecule has 0 spiro atoms. The zero-order valence-corrected chi connectivity index (χ0v) is 19.4. The normalized spacial score (nSPS) is 40.3. The summed E-state index contributed by atoms with van der Waals surface area (Å²) in [7, 11) is 0. The van der Waals surface area contributed by atoms with E-state index in [2.05, 4.69) is 19.2 Å². The Kier molecular flexibility index (Phi) is 5.43. The molecule has 7 atom stereocenters. The molecule has 0 aromatic heterocycles. The third kappa shape index (κ3) is 3.49. The van der Waals surface area contributed by atoms with Gasteiger partial charge in [0, 0.05) is 24.8 Å². The number of nitrogens with one attached hydrogen (secondary N) is 1. The third-order valence-corrected chi connectivity index (χ3v) is 8.63. The number of fused-ring (bicyclic) bond motifs is 4. The summed E-state index contributed by atoms with van der Waals surface area (Å²) in [6, 6.07) is 9.78. The average Bonchev–Trinajstić information content (AvgIpc) is 3.52. The lowest BCUT2D eigenvalue weighted by Crippen LogP contribution is -2.62. The molecule has 2 saturated heterocycles. The first kappa shape index (κ1) is 21.7. The second-order valence-electron chi connectivity index (χ2n) is 10.5. The van der Waals surface area contributed by atoms with Crippen LogP contribution >= 0.6 is 0 Å². The van der Waals surface area contributed by atoms with Gasteiger partial charge in [-0.05, 0) is 62.0 Å². The lowest BCUT2D eigenvalue weighted by atomic mass is 9.70. The van der Waals surface area contributed by atoms with E-state index in [4.69, 9.17) is 9.47 Å². The highest BCUT2D eigenvalue weighted by Gasteiger charge is 2.73. The molecule has 4 fully saturated rings. The van der Waals surface area contributed by atoms with Gasteiger partial charge in [-0.15, -0.1) is 0 Å². The standard InChI is InChI=1S/C27H35NO4/c1-4-22(29)28-21-16-27(19-12-13-19)25(24-17(2)10-14-20(24)26(21,3)32-27)31-23(30)15-11-18-8-6-5-7-9-18/h5-9,11,15,17,19-21,24-25H,4,10,12-14,16H2,1-3H3,(H,28,29)/b15-11+/t17?,20?,21?,24?,25-,26?,27?/m0/s1. The van der Waals surface area contributed by atoms with Crippen molar-refractivity contribution < 1.29 is 19.1 Å². The Hall–Kier alpha value is -2.14. The summed E-state index contributed by atoms with van der Waals surface area (Å²) >= 11 is 0. The SMILES string of the molecule is CCC(=O)NC1CC2(C3CC3)OC1(C)C1CCC(C)C1[C@@H]2OC(=O)/C=C/c1ccccc1. The molecule has 2 heterocycles. The molecule has 2 aliphatic heterocycles. The largest absolute Gasteiger partial charge is 0.456 e. The number of rotatable bonds is 6. The molecule has 2 bridgehead atoms. The van der Waals surface area contributed by atoms with Gasteiger partial charge in [0.15, 0.2) is 0 Å². The lowest BCUT2D eigenvalue weighted by molar-refractivity contribution is -0.252. The van der Waals surface area contributed by atoms with Crippen LogP contribution in [0.25, 0.3) is 6.08 Å². The summed E-state index contributed by atoms with van der Waals surface area (Å²) in [5.41, 5.74) is 0.0892. The monoisotopic (exact) mass is 437 g/mol. The van der Waals surface area contributed by atoms with Crippen molar-refractivity contribution in [2.24, 2.45) is 23.7 Å². The van der Waals surface area contributed by atoms with Gasteiger partial charge in [0.1, 0.15) is 11.7 Å². The first-order valence-electron chi connectivity index (χ1n) is 12.3. The van der Waals surface area contributed by atoms with E-state index in [-0.39, 0.29) is 35.9 Å². The highest BCUT2D eigenvalue weighted by atomic mass is 16.6. The number of hydrogen-bond acceptors (Lipinski definition) is 4. The van der Waals surface area contributed by atoms with Crippen molar-refractivity contribution in [3.05, 3.63) is 42.0 Å². The van der Waals surface area contributed by atoms with Crippen LogP contribution in [0.3, 0.4) is 0 Å². The van der Waals surface area contributed by atoms with E-state index < -0.39 is 11.2 Å². The Bertz CT molecular complexity index is 909. The highest BCUT2D eigenvalue weighted by Crippen LogP contribution is 2.65. The summed E-state index contributed by atoms with van der Waals surface area (Å²) < 4.78 is 13.3. The number of carbonyl (C=O) groups is 2. The summed E-state index contributed by atoms with van der Waals surface area (Å²) in [5.74, 6) is 1.19. The molecule has 2 saturated carbocycles. The topological polar surface area (TPSA) is 64.6 Å². The van der Waals surface area contributed by atoms with Crippen LogP contribution in [0.4, 0.5) is 0 Å². The maximum Gasteiger partial charge on any atom is 0.331 e. The van der Waals surface area contributed by atoms with Crippen molar-refractivity contribution in [3.8, 4) is 0 Å². The Morgan fingerprint density at radius 1 is 1.19 bits per heavy atom. The first-order valence-corrected chi connectivity index (χ1v) is 12.3. The van der Waals surface area contributed by atoms with Gasteiger partial charge < -0.3 is 14.8 Å². The fraction of sp³-hybridized carbons (Fsp3) is 0.630. The van der Waals surface area contributed by atoms with Gasteiger partial charge in [0.25, 0.3) is 0 Å². The van der Waals surface area contributed by atoms with Gasteiger partial charge in [-0.3, -0.25) is 4.79 Å². The molecule has 4 aliphatic rings. The molecule has 5 nitrogen and oxygen atoms in total. The molecule has 5 heteroatoms. The molecular weight excluding hydrogens is 402 g/mol. The maximum absolute atomic E-state index is 13.0. The third-order valence-electron chi connectivity index (χ3n) is 8.63. The van der Waals surface area contributed by atoms with Gasteiger partial charge in [0.2, 0.25) is 5.91 Å². The van der Waals surface area contributed by atoms with Crippen molar-refractivity contribution in [1.29, 1.82) is 0 Å². The minimum Gasteiger partial charge on any atom is -0.456 e. The number of benzene rings is 1. The van der Waals surface area contributed by atoms with Crippen molar-refractivity contribution in [2.45, 2.75) is 82.6 Å². The van der Waals surface area contributed by atoms with Gasteiger partial charge in [-0.25, -0.2) is 4.79 Å². The predicted molar refractivity (Wildman–Crippen MR) is 123 cm³/mol. The van der Waals surface area contributed by atoms with Crippen LogP contribution in [0.2, 0.25) is 0 Å². The molecule has 2 aliphatic carbocycles. The van der Waals surface area contributed by atoms with Crippen molar-refractivity contribution >= 4 is 18.0 Å². The molecule has 5 rings (SSSR count). The molecule has 32 heavy (non-hydrogen) atoms. The zero-order chi connectivity index (χ0) is 22.5. The second kappa shape index (κ2) is 8.02. The summed E-state index contributed by atoms with van der Waals surface area (Å²) in [5, 5.41) is 3.28. The summed E-state index contributed by atoms with van der Waals surface area (Å²) in [6.07, 6.45) is 8.66. The predicted octanol–water partition coefficient (Wildman–Crippen LogP) is 4.51. The van der Waals surface area contributed by atoms with Crippen molar-refractivity contribution in [3.63, 3.8) is 0 Å². The van der Waals surface area contributed by atoms with Crippen LogP contribution in [-0.4, -0.2) is 35.2 Å².